The molecule has 6 heteroatoms. The predicted molar refractivity (Wildman–Crippen MR) is 75.1 cm³/mol. The molecule has 0 aromatic carbocycles. The highest BCUT2D eigenvalue weighted by Crippen LogP contribution is 2.30. The monoisotopic (exact) mass is 319 g/mol. The van der Waals surface area contributed by atoms with Crippen molar-refractivity contribution >= 4 is 33.2 Å². The molecule has 0 radical (unpaired) electrons. The first-order valence-electron chi connectivity index (χ1n) is 5.52. The average Bonchev–Trinajstić information content (AvgIpc) is 2.75. The topological polar surface area (TPSA) is 58.4 Å². The third kappa shape index (κ3) is 4.06. The molecule has 0 spiro atoms. The number of amides is 1. The molecule has 0 bridgehead atoms. The molecule has 0 saturated heterocycles. The van der Waals surface area contributed by atoms with E-state index in [0.29, 0.717) is 13.1 Å². The van der Waals surface area contributed by atoms with Crippen LogP contribution in [0.5, 0.6) is 0 Å². The molecule has 1 unspecified atom stereocenters. The summed E-state index contributed by atoms with van der Waals surface area (Å²) in [4.78, 5) is 14.7. The fraction of sp³-hybridized carbons (Fsp3) is 0.545. The first-order valence-corrected chi connectivity index (χ1v) is 7.13. The van der Waals surface area contributed by atoms with Crippen LogP contribution >= 0.6 is 27.3 Å². The van der Waals surface area contributed by atoms with Gasteiger partial charge in [0.1, 0.15) is 0 Å². The van der Waals surface area contributed by atoms with Crippen LogP contribution in [-0.2, 0) is 4.79 Å². The second-order valence-electron chi connectivity index (χ2n) is 3.63. The zero-order valence-corrected chi connectivity index (χ0v) is 12.5. The zero-order chi connectivity index (χ0) is 12.8. The average molecular weight is 320 g/mol. The lowest BCUT2D eigenvalue weighted by molar-refractivity contribution is -0.122. The lowest BCUT2D eigenvalue weighted by Crippen LogP contribution is -2.40. The van der Waals surface area contributed by atoms with Crippen LogP contribution in [0, 0.1) is 0 Å². The number of nitrogens with one attached hydrogen (secondary N) is 1. The van der Waals surface area contributed by atoms with E-state index >= 15 is 0 Å². The molecule has 1 aromatic rings. The molecule has 3 N–H and O–H groups in total. The van der Waals surface area contributed by atoms with E-state index in [2.05, 4.69) is 32.2 Å². The summed E-state index contributed by atoms with van der Waals surface area (Å²) in [7, 11) is 1.65. The molecular formula is C11H18BrN3OS. The van der Waals surface area contributed by atoms with Crippen molar-refractivity contribution in [2.24, 2.45) is 5.73 Å². The Morgan fingerprint density at radius 3 is 2.76 bits per heavy atom. The summed E-state index contributed by atoms with van der Waals surface area (Å²) < 4.78 is 1.09. The van der Waals surface area contributed by atoms with Gasteiger partial charge in [0.25, 0.3) is 0 Å². The second kappa shape index (κ2) is 7.10. The minimum absolute atomic E-state index is 0.0147. The molecule has 0 aliphatic heterocycles. The number of halogens is 1. The Balaban J connectivity index is 2.79. The lowest BCUT2D eigenvalue weighted by Gasteiger charge is -2.28. The van der Waals surface area contributed by atoms with Gasteiger partial charge in [-0.1, -0.05) is 6.92 Å². The smallest absolute Gasteiger partial charge is 0.233 e. The van der Waals surface area contributed by atoms with Crippen molar-refractivity contribution in [3.8, 4) is 0 Å². The summed E-state index contributed by atoms with van der Waals surface area (Å²) >= 11 is 5.11. The molecule has 96 valence electrons. The maximum absolute atomic E-state index is 11.4. The molecule has 1 amide bonds. The van der Waals surface area contributed by atoms with Gasteiger partial charge in [0.05, 0.1) is 16.4 Å². The minimum Gasteiger partial charge on any atom is -0.358 e. The summed E-state index contributed by atoms with van der Waals surface area (Å²) in [6.07, 6.45) is 0. The fourth-order valence-corrected chi connectivity index (χ4v) is 3.23. The second-order valence-corrected chi connectivity index (χ2v) is 6.12. The Kier molecular flexibility index (Phi) is 6.11. The van der Waals surface area contributed by atoms with Gasteiger partial charge in [-0.05, 0) is 34.6 Å². The SMILES string of the molecule is CCN(CC(=O)NC)C(CN)c1ccc(Br)s1. The standard InChI is InChI=1S/C11H18BrN3OS/c1-3-15(7-11(16)14-2)8(6-13)9-4-5-10(12)17-9/h4-5,8H,3,6-7,13H2,1-2H3,(H,14,16). The van der Waals surface area contributed by atoms with E-state index in [0.717, 1.165) is 10.3 Å². The summed E-state index contributed by atoms with van der Waals surface area (Å²) in [5, 5.41) is 2.64. The molecule has 4 nitrogen and oxygen atoms in total. The minimum atomic E-state index is 0.0147. The molecule has 1 aromatic heterocycles. The molecule has 0 aliphatic rings. The Morgan fingerprint density at radius 1 is 1.65 bits per heavy atom. The Bertz CT molecular complexity index is 369. The Labute approximate surface area is 114 Å². The first kappa shape index (κ1) is 14.6. The number of nitrogens with zero attached hydrogens (tertiary/aromatic N) is 1. The molecular weight excluding hydrogens is 302 g/mol. The van der Waals surface area contributed by atoms with Crippen LogP contribution in [0.2, 0.25) is 0 Å². The molecule has 0 saturated carbocycles. The van der Waals surface area contributed by atoms with Crippen molar-refractivity contribution in [1.29, 1.82) is 0 Å². The largest absolute Gasteiger partial charge is 0.358 e. The summed E-state index contributed by atoms with van der Waals surface area (Å²) in [6.45, 7) is 3.72. The summed E-state index contributed by atoms with van der Waals surface area (Å²) in [5.41, 5.74) is 5.83. The molecule has 0 aliphatic carbocycles. The van der Waals surface area contributed by atoms with E-state index in [1.54, 1.807) is 18.4 Å². The van der Waals surface area contributed by atoms with Gasteiger partial charge in [-0.3, -0.25) is 9.69 Å². The highest BCUT2D eigenvalue weighted by Gasteiger charge is 2.21. The molecule has 17 heavy (non-hydrogen) atoms. The van der Waals surface area contributed by atoms with Crippen LogP contribution in [0.15, 0.2) is 15.9 Å². The number of rotatable bonds is 6. The van der Waals surface area contributed by atoms with Gasteiger partial charge in [-0.25, -0.2) is 0 Å². The van der Waals surface area contributed by atoms with Crippen LogP contribution in [0.1, 0.15) is 17.8 Å². The van der Waals surface area contributed by atoms with Gasteiger partial charge in [0.2, 0.25) is 5.91 Å². The van der Waals surface area contributed by atoms with E-state index < -0.39 is 0 Å². The van der Waals surface area contributed by atoms with Crippen LogP contribution in [-0.4, -0.2) is 37.5 Å². The predicted octanol–water partition coefficient (Wildman–Crippen LogP) is 1.58. The number of thiophene rings is 1. The van der Waals surface area contributed by atoms with Crippen LogP contribution in [0.3, 0.4) is 0 Å². The highest BCUT2D eigenvalue weighted by atomic mass is 79.9. The van der Waals surface area contributed by atoms with Gasteiger partial charge in [-0.15, -0.1) is 11.3 Å². The van der Waals surface area contributed by atoms with Crippen LogP contribution in [0.4, 0.5) is 0 Å². The molecule has 1 atom stereocenters. The van der Waals surface area contributed by atoms with E-state index in [4.69, 9.17) is 5.73 Å². The van der Waals surface area contributed by atoms with Crippen molar-refractivity contribution in [3.05, 3.63) is 20.8 Å². The number of carbonyl (C=O) groups is 1. The van der Waals surface area contributed by atoms with Crippen molar-refractivity contribution in [2.45, 2.75) is 13.0 Å². The summed E-state index contributed by atoms with van der Waals surface area (Å²) in [5.74, 6) is 0.0147. The number of carbonyl (C=O) groups excluding carboxylic acids is 1. The third-order valence-electron chi connectivity index (χ3n) is 2.62. The maximum Gasteiger partial charge on any atom is 0.233 e. The van der Waals surface area contributed by atoms with Crippen LogP contribution in [0.25, 0.3) is 0 Å². The van der Waals surface area contributed by atoms with E-state index in [1.165, 1.54) is 4.88 Å². The number of hydrogen-bond acceptors (Lipinski definition) is 4. The van der Waals surface area contributed by atoms with Gasteiger partial charge in [0.15, 0.2) is 0 Å². The molecule has 0 fully saturated rings. The summed E-state index contributed by atoms with van der Waals surface area (Å²) in [6, 6.07) is 4.17. The van der Waals surface area contributed by atoms with Crippen molar-refractivity contribution in [3.63, 3.8) is 0 Å². The normalized spacial score (nSPS) is 12.8. The number of hydrogen-bond donors (Lipinski definition) is 2. The maximum atomic E-state index is 11.4. The highest BCUT2D eigenvalue weighted by molar-refractivity contribution is 9.11. The van der Waals surface area contributed by atoms with Gasteiger partial charge in [0, 0.05) is 18.5 Å². The van der Waals surface area contributed by atoms with Gasteiger partial charge < -0.3 is 11.1 Å². The Hall–Kier alpha value is -0.430. The molecule has 1 heterocycles. The first-order chi connectivity index (χ1) is 8.12. The van der Waals surface area contributed by atoms with Crippen LogP contribution < -0.4 is 11.1 Å². The van der Waals surface area contributed by atoms with Crippen molar-refractivity contribution < 1.29 is 4.79 Å². The van der Waals surface area contributed by atoms with E-state index in [1.807, 2.05) is 13.0 Å². The zero-order valence-electron chi connectivity index (χ0n) is 10.1. The van der Waals surface area contributed by atoms with Gasteiger partial charge in [-0.2, -0.15) is 0 Å². The Morgan fingerprint density at radius 2 is 2.35 bits per heavy atom. The molecule has 1 rings (SSSR count). The quantitative estimate of drug-likeness (QED) is 0.837. The third-order valence-corrected chi connectivity index (χ3v) is 4.34. The van der Waals surface area contributed by atoms with E-state index in [-0.39, 0.29) is 11.9 Å². The number of nitrogens with two attached hydrogens (primary N) is 1. The fourth-order valence-electron chi connectivity index (χ4n) is 1.66. The van der Waals surface area contributed by atoms with Crippen molar-refractivity contribution in [2.75, 3.05) is 26.7 Å². The van der Waals surface area contributed by atoms with Crippen molar-refractivity contribution in [1.82, 2.24) is 10.2 Å². The van der Waals surface area contributed by atoms with E-state index in [9.17, 15) is 4.79 Å². The number of likely N-dealkylation sites (N-methyl/N-ethyl adjacent to an activating group) is 2. The van der Waals surface area contributed by atoms with Gasteiger partial charge >= 0.3 is 0 Å². The lowest BCUT2D eigenvalue weighted by atomic mass is 10.2.